The van der Waals surface area contributed by atoms with Crippen LogP contribution < -0.4 is 15.0 Å². The number of piperidine rings is 1. The van der Waals surface area contributed by atoms with Crippen molar-refractivity contribution in [3.63, 3.8) is 0 Å². The molecule has 2 rings (SSSR count). The zero-order valence-electron chi connectivity index (χ0n) is 11.5. The van der Waals surface area contributed by atoms with E-state index in [2.05, 4.69) is 5.32 Å². The topological polar surface area (TPSA) is 58.6 Å². The number of amides is 2. The highest BCUT2D eigenvalue weighted by Gasteiger charge is 2.33. The van der Waals surface area contributed by atoms with Crippen LogP contribution in [0, 0.1) is 0 Å². The molecule has 0 spiro atoms. The number of halogens is 2. The summed E-state index contributed by atoms with van der Waals surface area (Å²) in [6, 6.07) is 6.03. The second-order valence-corrected chi connectivity index (χ2v) is 4.67. The van der Waals surface area contributed by atoms with Crippen LogP contribution in [0.3, 0.4) is 0 Å². The van der Waals surface area contributed by atoms with E-state index < -0.39 is 24.3 Å². The fraction of sp³-hybridized carbons (Fsp3) is 0.429. The molecule has 1 fully saturated rings. The Bertz CT molecular complexity index is 537. The summed E-state index contributed by atoms with van der Waals surface area (Å²) >= 11 is 0. The second kappa shape index (κ2) is 6.51. The molecular formula is C14H16F2N2O3. The molecule has 1 aromatic rings. The van der Waals surface area contributed by atoms with Gasteiger partial charge >= 0.3 is 6.43 Å². The lowest BCUT2D eigenvalue weighted by Gasteiger charge is -2.33. The standard InChI is InChI=1S/C14H16F2N2O3/c1-21-11-7-3-2-6-10(11)18-8-4-5-9(14(18)20)17-13(19)12(15)16/h2-3,6-7,9,12H,4-5,8H2,1H3,(H,17,19)/t9-/m1/s1. The van der Waals surface area contributed by atoms with Gasteiger partial charge in [0.15, 0.2) is 0 Å². The third-order valence-electron chi connectivity index (χ3n) is 3.33. The van der Waals surface area contributed by atoms with Crippen molar-refractivity contribution in [1.82, 2.24) is 5.32 Å². The van der Waals surface area contributed by atoms with E-state index >= 15 is 0 Å². The summed E-state index contributed by atoms with van der Waals surface area (Å²) < 4.78 is 29.8. The SMILES string of the molecule is COc1ccccc1N1CCC[C@@H](NC(=O)C(F)F)C1=O. The molecule has 1 aliphatic rings. The zero-order valence-corrected chi connectivity index (χ0v) is 11.5. The Morgan fingerprint density at radius 1 is 1.43 bits per heavy atom. The van der Waals surface area contributed by atoms with Crippen LogP contribution in [0.15, 0.2) is 24.3 Å². The molecule has 1 aliphatic heterocycles. The predicted molar refractivity (Wildman–Crippen MR) is 72.5 cm³/mol. The third kappa shape index (κ3) is 3.29. The highest BCUT2D eigenvalue weighted by Crippen LogP contribution is 2.30. The van der Waals surface area contributed by atoms with E-state index in [0.29, 0.717) is 30.8 Å². The van der Waals surface area contributed by atoms with E-state index in [4.69, 9.17) is 4.74 Å². The Hall–Kier alpha value is -2.18. The highest BCUT2D eigenvalue weighted by molar-refractivity contribution is 6.01. The van der Waals surface area contributed by atoms with Crippen molar-refractivity contribution in [3.05, 3.63) is 24.3 Å². The molecule has 0 unspecified atom stereocenters. The fourth-order valence-electron chi connectivity index (χ4n) is 2.34. The maximum absolute atomic E-state index is 12.4. The number of benzene rings is 1. The summed E-state index contributed by atoms with van der Waals surface area (Å²) in [7, 11) is 1.49. The first-order valence-electron chi connectivity index (χ1n) is 6.57. The Kier molecular flexibility index (Phi) is 4.72. The van der Waals surface area contributed by atoms with Crippen LogP contribution in [0.4, 0.5) is 14.5 Å². The summed E-state index contributed by atoms with van der Waals surface area (Å²) in [6.45, 7) is 0.459. The predicted octanol–water partition coefficient (Wildman–Crippen LogP) is 1.57. The van der Waals surface area contributed by atoms with Gasteiger partial charge in [-0.2, -0.15) is 8.78 Å². The molecule has 114 valence electrons. The Balaban J connectivity index is 2.18. The van der Waals surface area contributed by atoms with Gasteiger partial charge in [0.05, 0.1) is 12.8 Å². The van der Waals surface area contributed by atoms with E-state index in [9.17, 15) is 18.4 Å². The number of anilines is 1. The maximum Gasteiger partial charge on any atom is 0.315 e. The number of rotatable bonds is 4. The molecular weight excluding hydrogens is 282 g/mol. The molecule has 1 N–H and O–H groups in total. The molecule has 5 nitrogen and oxygen atoms in total. The lowest BCUT2D eigenvalue weighted by molar-refractivity contribution is -0.135. The van der Waals surface area contributed by atoms with Crippen LogP contribution in [0.1, 0.15) is 12.8 Å². The first kappa shape index (κ1) is 15.2. The van der Waals surface area contributed by atoms with Crippen LogP contribution in [0.2, 0.25) is 0 Å². The molecule has 1 saturated heterocycles. The maximum atomic E-state index is 12.4. The minimum Gasteiger partial charge on any atom is -0.495 e. The van der Waals surface area contributed by atoms with Crippen LogP contribution in [-0.4, -0.2) is 37.9 Å². The number of methoxy groups -OCH3 is 1. The smallest absolute Gasteiger partial charge is 0.315 e. The first-order chi connectivity index (χ1) is 10.0. The quantitative estimate of drug-likeness (QED) is 0.918. The summed E-state index contributed by atoms with van der Waals surface area (Å²) in [5, 5.41) is 2.08. The van der Waals surface area contributed by atoms with Gasteiger partial charge in [0.2, 0.25) is 5.91 Å². The molecule has 0 aliphatic carbocycles. The Morgan fingerprint density at radius 2 is 2.14 bits per heavy atom. The van der Waals surface area contributed by atoms with Crippen molar-refractivity contribution < 1.29 is 23.1 Å². The number of nitrogens with zero attached hydrogens (tertiary/aromatic N) is 1. The van der Waals surface area contributed by atoms with Gasteiger partial charge in [-0.3, -0.25) is 9.59 Å². The van der Waals surface area contributed by atoms with Gasteiger partial charge in [0.25, 0.3) is 5.91 Å². The van der Waals surface area contributed by atoms with Gasteiger partial charge < -0.3 is 15.0 Å². The lowest BCUT2D eigenvalue weighted by atomic mass is 10.0. The van der Waals surface area contributed by atoms with Gasteiger partial charge in [-0.1, -0.05) is 12.1 Å². The van der Waals surface area contributed by atoms with Crippen LogP contribution in [-0.2, 0) is 9.59 Å². The molecule has 0 aromatic heterocycles. The highest BCUT2D eigenvalue weighted by atomic mass is 19.3. The molecule has 21 heavy (non-hydrogen) atoms. The van der Waals surface area contributed by atoms with Crippen molar-refractivity contribution in [2.75, 3.05) is 18.6 Å². The number of nitrogens with one attached hydrogen (secondary N) is 1. The number of ether oxygens (including phenoxy) is 1. The average molecular weight is 298 g/mol. The van der Waals surface area contributed by atoms with E-state index in [0.717, 1.165) is 0 Å². The molecule has 2 amide bonds. The molecule has 0 saturated carbocycles. The van der Waals surface area contributed by atoms with Crippen LogP contribution in [0.25, 0.3) is 0 Å². The van der Waals surface area contributed by atoms with Gasteiger partial charge in [0, 0.05) is 6.54 Å². The van der Waals surface area contributed by atoms with E-state index in [-0.39, 0.29) is 0 Å². The number of carbonyl (C=O) groups is 2. The molecule has 1 atom stereocenters. The zero-order chi connectivity index (χ0) is 15.4. The number of hydrogen-bond acceptors (Lipinski definition) is 3. The van der Waals surface area contributed by atoms with Crippen molar-refractivity contribution in [3.8, 4) is 5.75 Å². The first-order valence-corrected chi connectivity index (χ1v) is 6.57. The van der Waals surface area contributed by atoms with Crippen molar-refractivity contribution in [2.24, 2.45) is 0 Å². The number of para-hydroxylation sites is 2. The van der Waals surface area contributed by atoms with Gasteiger partial charge in [-0.25, -0.2) is 0 Å². The minimum absolute atomic E-state index is 0.350. The lowest BCUT2D eigenvalue weighted by Crippen LogP contribution is -2.53. The van der Waals surface area contributed by atoms with Crippen molar-refractivity contribution in [2.45, 2.75) is 25.3 Å². The Morgan fingerprint density at radius 3 is 2.81 bits per heavy atom. The van der Waals surface area contributed by atoms with Gasteiger partial charge in [-0.15, -0.1) is 0 Å². The molecule has 0 bridgehead atoms. The average Bonchev–Trinajstić information content (AvgIpc) is 2.49. The van der Waals surface area contributed by atoms with Gasteiger partial charge in [-0.05, 0) is 25.0 Å². The molecule has 1 aromatic carbocycles. The van der Waals surface area contributed by atoms with Crippen LogP contribution >= 0.6 is 0 Å². The third-order valence-corrected chi connectivity index (χ3v) is 3.33. The fourth-order valence-corrected chi connectivity index (χ4v) is 2.34. The minimum atomic E-state index is -3.13. The van der Waals surface area contributed by atoms with E-state index in [1.807, 2.05) is 0 Å². The summed E-state index contributed by atoms with van der Waals surface area (Å²) in [5.74, 6) is -1.30. The van der Waals surface area contributed by atoms with Crippen LogP contribution in [0.5, 0.6) is 5.75 Å². The Labute approximate surface area is 120 Å². The molecule has 1 heterocycles. The monoisotopic (exact) mass is 298 g/mol. The normalized spacial score (nSPS) is 18.8. The summed E-state index contributed by atoms with van der Waals surface area (Å²) in [5.41, 5.74) is 0.570. The molecule has 7 heteroatoms. The second-order valence-electron chi connectivity index (χ2n) is 4.67. The molecule has 0 radical (unpaired) electrons. The number of carbonyl (C=O) groups excluding carboxylic acids is 2. The largest absolute Gasteiger partial charge is 0.495 e. The van der Waals surface area contributed by atoms with Crippen molar-refractivity contribution >= 4 is 17.5 Å². The summed E-state index contributed by atoms with van der Waals surface area (Å²) in [6.07, 6.45) is -2.17. The number of hydrogen-bond donors (Lipinski definition) is 1. The number of alkyl halides is 2. The van der Waals surface area contributed by atoms with E-state index in [1.165, 1.54) is 12.0 Å². The van der Waals surface area contributed by atoms with Gasteiger partial charge in [0.1, 0.15) is 11.8 Å². The summed E-state index contributed by atoms with van der Waals surface area (Å²) in [4.78, 5) is 24.9. The van der Waals surface area contributed by atoms with E-state index in [1.54, 1.807) is 24.3 Å². The van der Waals surface area contributed by atoms with Crippen molar-refractivity contribution in [1.29, 1.82) is 0 Å².